The molecule has 8 nitrogen and oxygen atoms in total. The van der Waals surface area contributed by atoms with Crippen LogP contribution in [0.2, 0.25) is 0 Å². The van der Waals surface area contributed by atoms with Gasteiger partial charge in [-0.3, -0.25) is 14.2 Å². The molecule has 204 valence electrons. The molecule has 1 aliphatic carbocycles. The highest BCUT2D eigenvalue weighted by Crippen LogP contribution is 2.33. The number of benzene rings is 2. The number of carbonyl (C=O) groups excluding carboxylic acids is 1. The predicted molar refractivity (Wildman–Crippen MR) is 158 cm³/mol. The summed E-state index contributed by atoms with van der Waals surface area (Å²) in [6, 6.07) is 17.8. The zero-order valence-corrected chi connectivity index (χ0v) is 24.5. The summed E-state index contributed by atoms with van der Waals surface area (Å²) in [5.41, 5.74) is 6.99. The molecule has 3 heterocycles. The second kappa shape index (κ2) is 10.6. The number of carbonyl (C=O) groups is 1. The van der Waals surface area contributed by atoms with Gasteiger partial charge in [0.25, 0.3) is 11.5 Å². The molecule has 0 saturated carbocycles. The highest BCUT2D eigenvalue weighted by Gasteiger charge is 2.34. The molecule has 2 aliphatic rings. The zero-order chi connectivity index (χ0) is 28.0. The van der Waals surface area contributed by atoms with Crippen molar-refractivity contribution in [2.24, 2.45) is 5.10 Å². The van der Waals surface area contributed by atoms with E-state index in [4.69, 9.17) is 10.1 Å². The van der Waals surface area contributed by atoms with Gasteiger partial charge in [0.15, 0.2) is 0 Å². The first kappa shape index (κ1) is 26.4. The lowest BCUT2D eigenvalue weighted by Gasteiger charge is -2.24. The van der Waals surface area contributed by atoms with Crippen molar-refractivity contribution in [3.8, 4) is 5.95 Å². The summed E-state index contributed by atoms with van der Waals surface area (Å²) in [6.07, 6.45) is 3.96. The van der Waals surface area contributed by atoms with Crippen molar-refractivity contribution >= 4 is 27.5 Å². The van der Waals surface area contributed by atoms with E-state index in [0.717, 1.165) is 63.2 Å². The van der Waals surface area contributed by atoms with Gasteiger partial charge in [-0.05, 0) is 75.8 Å². The van der Waals surface area contributed by atoms with Gasteiger partial charge in [0, 0.05) is 22.2 Å². The Bertz CT molecular complexity index is 1680. The molecule has 0 fully saturated rings. The topological polar surface area (TPSA) is 85.4 Å². The smallest absolute Gasteiger partial charge is 0.263 e. The van der Waals surface area contributed by atoms with Gasteiger partial charge in [0.05, 0.1) is 23.1 Å². The average Bonchev–Trinajstić information content (AvgIpc) is 3.54. The quantitative estimate of drug-likeness (QED) is 0.309. The molecule has 1 unspecified atom stereocenters. The van der Waals surface area contributed by atoms with Gasteiger partial charge >= 0.3 is 0 Å². The standard InChI is InChI=1S/C31H31BrN6O2/c1-19-8-10-23(11-9-19)28-17-27(22-12-14-24(32)15-13-22)35-38(28)29(39)18-36-30(40)25-6-4-5-7-26(25)33-31(36)37-21(3)16-20(2)34-37/h8-16,28H,4-7,17-18H2,1-3H3. The molecule has 1 aliphatic heterocycles. The van der Waals surface area contributed by atoms with Crippen LogP contribution in [0.25, 0.3) is 5.95 Å². The molecule has 1 atom stereocenters. The van der Waals surface area contributed by atoms with Gasteiger partial charge < -0.3 is 0 Å². The van der Waals surface area contributed by atoms with Crippen LogP contribution >= 0.6 is 15.9 Å². The van der Waals surface area contributed by atoms with E-state index < -0.39 is 0 Å². The maximum Gasteiger partial charge on any atom is 0.263 e. The van der Waals surface area contributed by atoms with Crippen LogP contribution in [0.3, 0.4) is 0 Å². The molecule has 0 N–H and O–H groups in total. The van der Waals surface area contributed by atoms with Gasteiger partial charge in [-0.1, -0.05) is 57.9 Å². The van der Waals surface area contributed by atoms with E-state index in [1.807, 2.05) is 63.2 Å². The number of hydrazone groups is 1. The third-order valence-electron chi connectivity index (χ3n) is 7.72. The minimum Gasteiger partial charge on any atom is -0.271 e. The predicted octanol–water partition coefficient (Wildman–Crippen LogP) is 5.37. The van der Waals surface area contributed by atoms with Crippen molar-refractivity contribution in [2.45, 2.75) is 65.5 Å². The molecule has 6 rings (SSSR count). The Hall–Kier alpha value is -3.85. The Morgan fingerprint density at radius 1 is 1.00 bits per heavy atom. The summed E-state index contributed by atoms with van der Waals surface area (Å²) >= 11 is 3.50. The molecular formula is C31H31BrN6O2. The summed E-state index contributed by atoms with van der Waals surface area (Å²) in [5.74, 6) is 0.118. The second-order valence-electron chi connectivity index (χ2n) is 10.7. The monoisotopic (exact) mass is 598 g/mol. The van der Waals surface area contributed by atoms with Crippen molar-refractivity contribution in [1.29, 1.82) is 0 Å². The van der Waals surface area contributed by atoms with Gasteiger partial charge in [-0.15, -0.1) is 0 Å². The average molecular weight is 600 g/mol. The first-order valence-corrected chi connectivity index (χ1v) is 14.5. The van der Waals surface area contributed by atoms with Crippen molar-refractivity contribution in [3.05, 3.63) is 109 Å². The number of nitrogens with zero attached hydrogens (tertiary/aromatic N) is 6. The van der Waals surface area contributed by atoms with Crippen LogP contribution < -0.4 is 5.56 Å². The molecule has 40 heavy (non-hydrogen) atoms. The van der Waals surface area contributed by atoms with Gasteiger partial charge in [-0.25, -0.2) is 14.7 Å². The van der Waals surface area contributed by atoms with Gasteiger partial charge in [-0.2, -0.15) is 10.2 Å². The molecule has 4 aromatic rings. The fourth-order valence-electron chi connectivity index (χ4n) is 5.63. The molecule has 0 radical (unpaired) electrons. The maximum absolute atomic E-state index is 14.1. The lowest BCUT2D eigenvalue weighted by molar-refractivity contribution is -0.133. The van der Waals surface area contributed by atoms with Crippen molar-refractivity contribution in [3.63, 3.8) is 0 Å². The number of rotatable bonds is 5. The normalized spacial score (nSPS) is 16.6. The van der Waals surface area contributed by atoms with Gasteiger partial charge in [0.2, 0.25) is 5.95 Å². The number of hydrogen-bond acceptors (Lipinski definition) is 5. The highest BCUT2D eigenvalue weighted by molar-refractivity contribution is 9.10. The van der Waals surface area contributed by atoms with Crippen LogP contribution in [-0.4, -0.2) is 36.0 Å². The Kier molecular flexibility index (Phi) is 7.00. The van der Waals surface area contributed by atoms with Crippen LogP contribution in [0.15, 0.2) is 69.0 Å². The SMILES string of the molecule is Cc1ccc(C2CC(c3ccc(Br)cc3)=NN2C(=O)Cn2c(-n3nc(C)cc3C)nc3c(c2=O)CCCC3)cc1. The van der Waals surface area contributed by atoms with Crippen molar-refractivity contribution in [1.82, 2.24) is 24.3 Å². The van der Waals surface area contributed by atoms with Crippen LogP contribution in [-0.2, 0) is 24.2 Å². The zero-order valence-electron chi connectivity index (χ0n) is 22.9. The summed E-state index contributed by atoms with van der Waals surface area (Å²) in [7, 11) is 0. The lowest BCUT2D eigenvalue weighted by atomic mass is 9.97. The molecule has 0 spiro atoms. The first-order valence-electron chi connectivity index (χ1n) is 13.7. The number of aromatic nitrogens is 4. The van der Waals surface area contributed by atoms with E-state index in [1.165, 1.54) is 4.57 Å². The molecular weight excluding hydrogens is 568 g/mol. The Labute approximate surface area is 241 Å². The molecule has 9 heteroatoms. The fourth-order valence-corrected chi connectivity index (χ4v) is 5.89. The summed E-state index contributed by atoms with van der Waals surface area (Å²) in [4.78, 5) is 32.8. The molecule has 2 aromatic heterocycles. The molecule has 0 bridgehead atoms. The number of fused-ring (bicyclic) bond motifs is 1. The van der Waals surface area contributed by atoms with Crippen molar-refractivity contribution in [2.75, 3.05) is 0 Å². The largest absolute Gasteiger partial charge is 0.271 e. The maximum atomic E-state index is 14.1. The Morgan fingerprint density at radius 3 is 2.42 bits per heavy atom. The number of hydrogen-bond donors (Lipinski definition) is 0. The summed E-state index contributed by atoms with van der Waals surface area (Å²) in [5, 5.41) is 11.0. The van der Waals surface area contributed by atoms with Crippen LogP contribution in [0.5, 0.6) is 0 Å². The van der Waals surface area contributed by atoms with E-state index in [0.29, 0.717) is 24.4 Å². The van der Waals surface area contributed by atoms with Crippen molar-refractivity contribution < 1.29 is 4.79 Å². The number of halogens is 1. The van der Waals surface area contributed by atoms with E-state index in [2.05, 4.69) is 33.2 Å². The minimum absolute atomic E-state index is 0.163. The van der Waals surface area contributed by atoms with E-state index in [-0.39, 0.29) is 24.1 Å². The second-order valence-corrected chi connectivity index (χ2v) is 11.6. The third-order valence-corrected chi connectivity index (χ3v) is 8.24. The molecule has 1 amide bonds. The van der Waals surface area contributed by atoms with Crippen LogP contribution in [0, 0.1) is 20.8 Å². The van der Waals surface area contributed by atoms with E-state index >= 15 is 0 Å². The molecule has 0 saturated heterocycles. The van der Waals surface area contributed by atoms with Crippen LogP contribution in [0.4, 0.5) is 0 Å². The fraction of sp³-hybridized carbons (Fsp3) is 0.323. The number of amides is 1. The summed E-state index contributed by atoms with van der Waals surface area (Å²) in [6.45, 7) is 5.71. The Morgan fingerprint density at radius 2 is 1.73 bits per heavy atom. The summed E-state index contributed by atoms with van der Waals surface area (Å²) < 4.78 is 4.15. The lowest BCUT2D eigenvalue weighted by Crippen LogP contribution is -2.38. The minimum atomic E-state index is -0.273. The van der Waals surface area contributed by atoms with Gasteiger partial charge in [0.1, 0.15) is 6.54 Å². The van der Waals surface area contributed by atoms with Crippen LogP contribution in [0.1, 0.15) is 64.6 Å². The molecule has 2 aromatic carbocycles. The van der Waals surface area contributed by atoms with E-state index in [1.54, 1.807) is 9.69 Å². The van der Waals surface area contributed by atoms with E-state index in [9.17, 15) is 9.59 Å². The number of aryl methyl sites for hydroxylation is 4. The highest BCUT2D eigenvalue weighted by atomic mass is 79.9. The Balaban J connectivity index is 1.42. The first-order chi connectivity index (χ1) is 19.3. The third kappa shape index (κ3) is 4.94.